The van der Waals surface area contributed by atoms with Gasteiger partial charge in [-0.1, -0.05) is 12.1 Å². The molecule has 0 nitrogen and oxygen atoms in total. The number of fused-ring (bicyclic) bond motifs is 2. The van der Waals surface area contributed by atoms with Gasteiger partial charge in [-0.15, -0.1) is 68.0 Å². The fourth-order valence-electron chi connectivity index (χ4n) is 5.78. The Morgan fingerprint density at radius 3 is 0.917 bits per heavy atom. The molecule has 0 saturated carbocycles. The number of hydrogen-bond donors (Lipinski definition) is 0. The normalized spacial score (nSPS) is 20.7. The molecular formula is C30H10F12S6. The van der Waals surface area contributed by atoms with Crippen molar-refractivity contribution in [2.45, 2.75) is 35.5 Å². The average Bonchev–Trinajstić information content (AvgIpc) is 3.86. The van der Waals surface area contributed by atoms with Crippen LogP contribution in [0.2, 0.25) is 0 Å². The summed E-state index contributed by atoms with van der Waals surface area (Å²) in [6.45, 7) is 0. The van der Waals surface area contributed by atoms with Gasteiger partial charge in [-0.3, -0.25) is 0 Å². The zero-order valence-corrected chi connectivity index (χ0v) is 27.7. The van der Waals surface area contributed by atoms with Gasteiger partial charge < -0.3 is 0 Å². The first-order valence-electron chi connectivity index (χ1n) is 13.3. The lowest BCUT2D eigenvalue weighted by atomic mass is 10.1. The Balaban J connectivity index is 1.24. The number of alkyl halides is 12. The van der Waals surface area contributed by atoms with E-state index in [0.717, 1.165) is 45.3 Å². The minimum atomic E-state index is -5.71. The van der Waals surface area contributed by atoms with E-state index >= 15 is 35.1 Å². The number of hydrogen-bond acceptors (Lipinski definition) is 6. The molecule has 18 heteroatoms. The van der Waals surface area contributed by atoms with Crippen LogP contribution in [0.15, 0.2) is 59.3 Å². The van der Waals surface area contributed by atoms with Crippen molar-refractivity contribution in [1.82, 2.24) is 0 Å². The molecule has 0 radical (unpaired) electrons. The third-order valence-electron chi connectivity index (χ3n) is 8.04. The summed E-state index contributed by atoms with van der Waals surface area (Å²) in [6.07, 6.45) is 0. The minimum Gasteiger partial charge on any atom is -0.194 e. The highest BCUT2D eigenvalue weighted by Crippen LogP contribution is 2.71. The maximum atomic E-state index is 15.1. The third-order valence-corrected chi connectivity index (χ3v) is 15.2. The summed E-state index contributed by atoms with van der Waals surface area (Å²) in [5, 5.41) is 2.96. The molecule has 6 aromatic heterocycles. The van der Waals surface area contributed by atoms with Gasteiger partial charge in [0.05, 0.1) is 41.8 Å². The van der Waals surface area contributed by atoms with Gasteiger partial charge in [-0.25, -0.2) is 0 Å². The lowest BCUT2D eigenvalue weighted by Gasteiger charge is -2.24. The van der Waals surface area contributed by atoms with Gasteiger partial charge in [0.2, 0.25) is 0 Å². The number of rotatable bonds is 5. The number of thiophene rings is 6. The molecule has 0 bridgehead atoms. The van der Waals surface area contributed by atoms with Crippen molar-refractivity contribution in [1.29, 1.82) is 0 Å². The van der Waals surface area contributed by atoms with Crippen LogP contribution < -0.4 is 0 Å². The molecule has 0 fully saturated rings. The molecule has 2 aliphatic rings. The first kappa shape index (κ1) is 32.6. The van der Waals surface area contributed by atoms with Crippen LogP contribution in [0.3, 0.4) is 0 Å². The molecule has 0 aromatic carbocycles. The van der Waals surface area contributed by atoms with E-state index in [9.17, 15) is 17.6 Å². The molecule has 0 aliphatic heterocycles. The Kier molecular flexibility index (Phi) is 6.78. The Morgan fingerprint density at radius 1 is 0.333 bits per heavy atom. The lowest BCUT2D eigenvalue weighted by Crippen LogP contribution is -2.43. The van der Waals surface area contributed by atoms with Crippen molar-refractivity contribution in [3.05, 3.63) is 81.5 Å². The molecule has 0 unspecified atom stereocenters. The third kappa shape index (κ3) is 3.89. The fraction of sp³-hybridized carbons (Fsp3) is 0.200. The second-order valence-corrected chi connectivity index (χ2v) is 16.9. The maximum absolute atomic E-state index is 15.1. The highest BCUT2D eigenvalue weighted by Gasteiger charge is 2.82. The second-order valence-electron chi connectivity index (χ2n) is 10.7. The van der Waals surface area contributed by atoms with E-state index in [2.05, 4.69) is 0 Å². The van der Waals surface area contributed by atoms with Crippen LogP contribution in [-0.4, -0.2) is 11.8 Å². The molecular weight excluding hydrogens is 781 g/mol. The summed E-state index contributed by atoms with van der Waals surface area (Å²) < 4.78 is 179. The van der Waals surface area contributed by atoms with Crippen molar-refractivity contribution in [2.75, 3.05) is 0 Å². The summed E-state index contributed by atoms with van der Waals surface area (Å²) in [5.74, 6) is -32.2. The standard InChI is InChI=1S/C30H10F12S6/c31-25(32)17-19(27(35,36)29(25,39)40)23(47-21(17)13-3-1-9-43-13)15-7-5-11(45-15)12-6-8-16(46-12)24-20-18(22(48-24)14-4-2-10-44-14)26(33,34)30(41,42)28(20,37)38/h1-10H. The Bertz CT molecular complexity index is 2050. The SMILES string of the molecule is FC1(F)c2c(-c3cccs3)sc(-c3ccc(-c4ccc(-c5sc(-c6cccs6)c6c5C(F)(F)C(F)(F)C6(F)F)s4)s3)c2C(F)(F)C1(F)F. The molecule has 250 valence electrons. The zero-order chi connectivity index (χ0) is 34.4. The van der Waals surface area contributed by atoms with Gasteiger partial charge in [0.25, 0.3) is 0 Å². The van der Waals surface area contributed by atoms with Crippen molar-refractivity contribution >= 4 is 68.0 Å². The van der Waals surface area contributed by atoms with Gasteiger partial charge in [-0.05, 0) is 47.2 Å². The summed E-state index contributed by atoms with van der Waals surface area (Å²) in [5.41, 5.74) is -5.86. The summed E-state index contributed by atoms with van der Waals surface area (Å²) in [4.78, 5) is -1.22. The van der Waals surface area contributed by atoms with Crippen LogP contribution in [0.4, 0.5) is 52.7 Å². The molecule has 2 aliphatic carbocycles. The van der Waals surface area contributed by atoms with Crippen molar-refractivity contribution in [2.24, 2.45) is 0 Å². The van der Waals surface area contributed by atoms with Crippen LogP contribution in [0.1, 0.15) is 22.3 Å². The molecule has 48 heavy (non-hydrogen) atoms. The van der Waals surface area contributed by atoms with E-state index in [1.807, 2.05) is 0 Å². The molecule has 0 atom stereocenters. The van der Waals surface area contributed by atoms with Crippen LogP contribution in [0.5, 0.6) is 0 Å². The molecule has 0 N–H and O–H groups in total. The number of halogens is 12. The smallest absolute Gasteiger partial charge is 0.194 e. The lowest BCUT2D eigenvalue weighted by molar-refractivity contribution is -0.302. The topological polar surface area (TPSA) is 0 Å². The van der Waals surface area contributed by atoms with Gasteiger partial charge >= 0.3 is 35.5 Å². The molecule has 0 saturated heterocycles. The largest absolute Gasteiger partial charge is 0.380 e. The molecule has 0 amide bonds. The second kappa shape index (κ2) is 9.99. The molecule has 6 heterocycles. The Morgan fingerprint density at radius 2 is 0.625 bits per heavy atom. The Hall–Kier alpha value is -2.64. The van der Waals surface area contributed by atoms with Gasteiger partial charge in [0.15, 0.2) is 0 Å². The fourth-order valence-corrected chi connectivity index (χ4v) is 12.6. The van der Waals surface area contributed by atoms with E-state index < -0.39 is 77.3 Å². The van der Waals surface area contributed by atoms with Crippen molar-refractivity contribution in [3.63, 3.8) is 0 Å². The predicted octanol–water partition coefficient (Wildman–Crippen LogP) is 14.1. The molecule has 0 spiro atoms. The predicted molar refractivity (Wildman–Crippen MR) is 166 cm³/mol. The average molecular weight is 791 g/mol. The van der Waals surface area contributed by atoms with Gasteiger partial charge in [0, 0.05) is 29.3 Å². The van der Waals surface area contributed by atoms with E-state index in [0.29, 0.717) is 22.7 Å². The summed E-state index contributed by atoms with van der Waals surface area (Å²) >= 11 is 4.38. The highest BCUT2D eigenvalue weighted by atomic mass is 32.1. The van der Waals surface area contributed by atoms with Crippen LogP contribution in [0.25, 0.3) is 48.8 Å². The van der Waals surface area contributed by atoms with E-state index in [-0.39, 0.29) is 29.3 Å². The zero-order valence-electron chi connectivity index (χ0n) is 22.8. The molecule has 6 aromatic rings. The van der Waals surface area contributed by atoms with Crippen LogP contribution in [0, 0.1) is 0 Å². The maximum Gasteiger partial charge on any atom is 0.380 e. The van der Waals surface area contributed by atoms with E-state index in [1.54, 1.807) is 0 Å². The summed E-state index contributed by atoms with van der Waals surface area (Å²) in [6, 6.07) is 10.9. The van der Waals surface area contributed by atoms with Crippen molar-refractivity contribution in [3.8, 4) is 48.8 Å². The highest BCUT2D eigenvalue weighted by molar-refractivity contribution is 7.30. The van der Waals surface area contributed by atoms with Crippen molar-refractivity contribution < 1.29 is 52.7 Å². The minimum absolute atomic E-state index is 0.0556. The first-order valence-corrected chi connectivity index (χ1v) is 18.3. The Labute approximate surface area is 285 Å². The summed E-state index contributed by atoms with van der Waals surface area (Å²) in [7, 11) is 0. The monoisotopic (exact) mass is 790 g/mol. The van der Waals surface area contributed by atoms with E-state index in [4.69, 9.17) is 0 Å². The molecule has 8 rings (SSSR count). The van der Waals surface area contributed by atoms with Crippen LogP contribution in [-0.2, 0) is 23.7 Å². The van der Waals surface area contributed by atoms with Gasteiger partial charge in [0.1, 0.15) is 0 Å². The quantitative estimate of drug-likeness (QED) is 0.153. The van der Waals surface area contributed by atoms with Gasteiger partial charge in [-0.2, -0.15) is 52.7 Å². The first-order chi connectivity index (χ1) is 22.4. The van der Waals surface area contributed by atoms with E-state index in [1.165, 1.54) is 59.3 Å². The van der Waals surface area contributed by atoms with Crippen LogP contribution >= 0.6 is 68.0 Å².